The molecule has 0 bridgehead atoms. The Morgan fingerprint density at radius 2 is 1.74 bits per heavy atom. The Balaban J connectivity index is 1.54. The van der Waals surface area contributed by atoms with Gasteiger partial charge in [-0.1, -0.05) is 6.07 Å². The van der Waals surface area contributed by atoms with Crippen molar-refractivity contribution in [3.63, 3.8) is 0 Å². The number of amides is 2. The monoisotopic (exact) mass is 488 g/mol. The fourth-order valence-electron chi connectivity index (χ4n) is 3.81. The lowest BCUT2D eigenvalue weighted by Crippen LogP contribution is -2.41. The van der Waals surface area contributed by atoms with Crippen LogP contribution in [0.3, 0.4) is 0 Å². The van der Waals surface area contributed by atoms with Gasteiger partial charge in [0, 0.05) is 42.8 Å². The zero-order valence-electron chi connectivity index (χ0n) is 19.6. The van der Waals surface area contributed by atoms with Crippen molar-refractivity contribution in [2.45, 2.75) is 26.2 Å². The van der Waals surface area contributed by atoms with Gasteiger partial charge >= 0.3 is 0 Å². The highest BCUT2D eigenvalue weighted by molar-refractivity contribution is 7.93. The lowest BCUT2D eigenvalue weighted by atomic mass is 10.1. The maximum atomic E-state index is 12.6. The van der Waals surface area contributed by atoms with E-state index in [1.807, 2.05) is 12.1 Å². The molecule has 1 fully saturated rings. The molecule has 0 radical (unpaired) electrons. The lowest BCUT2D eigenvalue weighted by Gasteiger charge is -2.28. The van der Waals surface area contributed by atoms with Gasteiger partial charge in [0.2, 0.25) is 21.8 Å². The van der Waals surface area contributed by atoms with Gasteiger partial charge in [0.1, 0.15) is 11.5 Å². The van der Waals surface area contributed by atoms with Gasteiger partial charge in [-0.15, -0.1) is 0 Å². The SMILES string of the molecule is CCN(CC(=O)Nc1cccc(OC)c1)C(=O)CS(=O)(=O)Nc1ccc(N2CCCCC2)cc1. The van der Waals surface area contributed by atoms with Crippen molar-refractivity contribution in [2.75, 3.05) is 54.0 Å². The number of benzene rings is 2. The molecule has 2 N–H and O–H groups in total. The molecular weight excluding hydrogens is 456 g/mol. The van der Waals surface area contributed by atoms with Crippen LogP contribution >= 0.6 is 0 Å². The number of ether oxygens (including phenoxy) is 1. The number of likely N-dealkylation sites (N-methyl/N-ethyl adjacent to an activating group) is 1. The number of sulfonamides is 1. The second-order valence-electron chi connectivity index (χ2n) is 8.14. The Morgan fingerprint density at radius 1 is 1.03 bits per heavy atom. The Labute approximate surface area is 201 Å². The number of nitrogens with one attached hydrogen (secondary N) is 2. The van der Waals surface area contributed by atoms with E-state index in [1.165, 1.54) is 18.4 Å². The van der Waals surface area contributed by atoms with Crippen molar-refractivity contribution in [1.29, 1.82) is 0 Å². The van der Waals surface area contributed by atoms with Crippen molar-refractivity contribution in [1.82, 2.24) is 4.90 Å². The van der Waals surface area contributed by atoms with E-state index >= 15 is 0 Å². The van der Waals surface area contributed by atoms with E-state index in [4.69, 9.17) is 4.74 Å². The summed E-state index contributed by atoms with van der Waals surface area (Å²) in [5.74, 6) is -1.24. The van der Waals surface area contributed by atoms with Gasteiger partial charge in [-0.2, -0.15) is 0 Å². The van der Waals surface area contributed by atoms with E-state index in [0.717, 1.165) is 31.6 Å². The van der Waals surface area contributed by atoms with Crippen LogP contribution in [-0.4, -0.2) is 64.2 Å². The van der Waals surface area contributed by atoms with Gasteiger partial charge in [-0.25, -0.2) is 8.42 Å². The molecule has 0 atom stereocenters. The van der Waals surface area contributed by atoms with E-state index < -0.39 is 27.6 Å². The number of hydrogen-bond acceptors (Lipinski definition) is 6. The molecule has 34 heavy (non-hydrogen) atoms. The van der Waals surface area contributed by atoms with Crippen LogP contribution in [0.4, 0.5) is 17.1 Å². The van der Waals surface area contributed by atoms with Gasteiger partial charge < -0.3 is 19.9 Å². The topological polar surface area (TPSA) is 108 Å². The first kappa shape index (κ1) is 25.4. The molecule has 2 aromatic rings. The molecule has 1 heterocycles. The molecule has 2 aromatic carbocycles. The van der Waals surface area contributed by atoms with E-state index in [1.54, 1.807) is 43.3 Å². The molecule has 3 rings (SSSR count). The zero-order valence-corrected chi connectivity index (χ0v) is 20.4. The molecule has 0 unspecified atom stereocenters. The van der Waals surface area contributed by atoms with Crippen LogP contribution in [0.15, 0.2) is 48.5 Å². The zero-order chi connectivity index (χ0) is 24.6. The summed E-state index contributed by atoms with van der Waals surface area (Å²) >= 11 is 0. The van der Waals surface area contributed by atoms with Crippen molar-refractivity contribution >= 4 is 38.9 Å². The first-order chi connectivity index (χ1) is 16.3. The number of carbonyl (C=O) groups excluding carboxylic acids is 2. The van der Waals surface area contributed by atoms with Gasteiger partial charge in [-0.3, -0.25) is 14.3 Å². The number of hydrogen-bond donors (Lipinski definition) is 2. The average Bonchev–Trinajstić information content (AvgIpc) is 2.83. The Morgan fingerprint density at radius 3 is 2.38 bits per heavy atom. The van der Waals surface area contributed by atoms with E-state index in [2.05, 4.69) is 14.9 Å². The predicted octanol–water partition coefficient (Wildman–Crippen LogP) is 2.91. The third-order valence-corrected chi connectivity index (χ3v) is 6.77. The van der Waals surface area contributed by atoms with Gasteiger partial charge in [0.15, 0.2) is 0 Å². The summed E-state index contributed by atoms with van der Waals surface area (Å²) < 4.78 is 32.7. The van der Waals surface area contributed by atoms with Crippen molar-refractivity contribution in [3.05, 3.63) is 48.5 Å². The summed E-state index contributed by atoms with van der Waals surface area (Å²) in [7, 11) is -2.41. The second kappa shape index (κ2) is 11.7. The molecule has 0 aliphatic carbocycles. The molecule has 2 amide bonds. The molecule has 10 heteroatoms. The van der Waals surface area contributed by atoms with Gasteiger partial charge in [0.25, 0.3) is 0 Å². The fourth-order valence-corrected chi connectivity index (χ4v) is 4.89. The molecular formula is C24H32N4O5S. The highest BCUT2D eigenvalue weighted by atomic mass is 32.2. The van der Waals surface area contributed by atoms with Crippen LogP contribution in [0.2, 0.25) is 0 Å². The van der Waals surface area contributed by atoms with Crippen LogP contribution in [0, 0.1) is 0 Å². The van der Waals surface area contributed by atoms with Crippen LogP contribution in [-0.2, 0) is 19.6 Å². The third kappa shape index (κ3) is 7.38. The minimum Gasteiger partial charge on any atom is -0.497 e. The standard InChI is InChI=1S/C24H32N4O5S/c1-3-27(17-23(29)25-20-8-7-9-22(16-20)33-2)24(30)18-34(31,32)26-19-10-12-21(13-11-19)28-14-5-4-6-15-28/h7-13,16,26H,3-6,14-15,17-18H2,1-2H3,(H,25,29). The van der Waals surface area contributed by atoms with Gasteiger partial charge in [-0.05, 0) is 62.6 Å². The van der Waals surface area contributed by atoms with Crippen molar-refractivity contribution in [2.24, 2.45) is 0 Å². The van der Waals surface area contributed by atoms with E-state index in [0.29, 0.717) is 17.1 Å². The number of methoxy groups -OCH3 is 1. The lowest BCUT2D eigenvalue weighted by molar-refractivity contribution is -0.132. The van der Waals surface area contributed by atoms with Crippen LogP contribution in [0.5, 0.6) is 5.75 Å². The number of anilines is 3. The fraction of sp³-hybridized carbons (Fsp3) is 0.417. The number of carbonyl (C=O) groups is 2. The predicted molar refractivity (Wildman–Crippen MR) is 134 cm³/mol. The first-order valence-electron chi connectivity index (χ1n) is 11.4. The second-order valence-corrected chi connectivity index (χ2v) is 9.87. The van der Waals surface area contributed by atoms with Crippen molar-refractivity contribution < 1.29 is 22.7 Å². The summed E-state index contributed by atoms with van der Waals surface area (Å²) in [5.41, 5.74) is 1.97. The quantitative estimate of drug-likeness (QED) is 0.532. The van der Waals surface area contributed by atoms with Crippen molar-refractivity contribution in [3.8, 4) is 5.75 Å². The summed E-state index contributed by atoms with van der Waals surface area (Å²) in [5, 5.41) is 2.69. The number of piperidine rings is 1. The number of nitrogens with zero attached hydrogens (tertiary/aromatic N) is 2. The largest absolute Gasteiger partial charge is 0.497 e. The maximum Gasteiger partial charge on any atom is 0.243 e. The van der Waals surface area contributed by atoms with E-state index in [-0.39, 0.29) is 13.1 Å². The average molecular weight is 489 g/mol. The first-order valence-corrected chi connectivity index (χ1v) is 13.0. The molecule has 0 aromatic heterocycles. The molecule has 0 spiro atoms. The summed E-state index contributed by atoms with van der Waals surface area (Å²) in [6.07, 6.45) is 3.55. The smallest absolute Gasteiger partial charge is 0.243 e. The molecule has 1 saturated heterocycles. The molecule has 0 saturated carbocycles. The van der Waals surface area contributed by atoms with Crippen LogP contribution in [0.25, 0.3) is 0 Å². The highest BCUT2D eigenvalue weighted by Gasteiger charge is 2.23. The highest BCUT2D eigenvalue weighted by Crippen LogP contribution is 2.22. The van der Waals surface area contributed by atoms with Gasteiger partial charge in [0.05, 0.1) is 13.7 Å². The number of rotatable bonds is 10. The Hall–Kier alpha value is -3.27. The summed E-state index contributed by atoms with van der Waals surface area (Å²) in [6, 6.07) is 14.0. The summed E-state index contributed by atoms with van der Waals surface area (Å²) in [6.45, 7) is 3.63. The normalized spacial score (nSPS) is 13.8. The minimum absolute atomic E-state index is 0.199. The third-order valence-electron chi connectivity index (χ3n) is 5.60. The summed E-state index contributed by atoms with van der Waals surface area (Å²) in [4.78, 5) is 28.5. The Kier molecular flexibility index (Phi) is 8.75. The molecule has 1 aliphatic heterocycles. The molecule has 9 nitrogen and oxygen atoms in total. The van der Waals surface area contributed by atoms with E-state index in [9.17, 15) is 18.0 Å². The molecule has 184 valence electrons. The van der Waals surface area contributed by atoms with Crippen LogP contribution in [0.1, 0.15) is 26.2 Å². The van der Waals surface area contributed by atoms with Crippen LogP contribution < -0.4 is 19.7 Å². The maximum absolute atomic E-state index is 12.6. The Bertz CT molecular complexity index is 1080. The molecule has 1 aliphatic rings. The minimum atomic E-state index is -3.93.